The summed E-state index contributed by atoms with van der Waals surface area (Å²) in [5.41, 5.74) is 8.26. The lowest BCUT2D eigenvalue weighted by atomic mass is 10.0. The molecule has 3 aromatic carbocycles. The summed E-state index contributed by atoms with van der Waals surface area (Å²) in [7, 11) is -4.22. The average molecular weight is 818 g/mol. The maximum atomic E-state index is 13.9. The quantitative estimate of drug-likeness (QED) is 0.0771. The van der Waals surface area contributed by atoms with E-state index in [9.17, 15) is 38.5 Å². The Morgan fingerprint density at radius 2 is 1.42 bits per heavy atom. The van der Waals surface area contributed by atoms with Crippen LogP contribution in [0.5, 0.6) is 0 Å². The van der Waals surface area contributed by atoms with E-state index in [2.05, 4.69) is 31.7 Å². The standard InChI is InChI=1S/C35H35BrClN4O10P/c36-24-8-10-27(11-9-24)52(49,50)19-23(34(47)40-29(13-15-32(44)45)35(48)39-28(33(38)46)12-14-31(42)43)17-26-18-30(41-51-26)21-6-4-20(5-7-21)22-2-1-3-25(37)16-22/h1-11,16,18,23,28-29H,12-15,17,19H2,(H2,38,46)(H,39,48)(H,40,47)(H,42,43)(H,44,45)(H,49,50). The van der Waals surface area contributed by atoms with Gasteiger partial charge in [-0.2, -0.15) is 0 Å². The van der Waals surface area contributed by atoms with Crippen molar-refractivity contribution in [3.63, 3.8) is 0 Å². The Labute approximate surface area is 311 Å². The molecule has 0 radical (unpaired) electrons. The Morgan fingerprint density at radius 3 is 2.02 bits per heavy atom. The molecular weight excluding hydrogens is 783 g/mol. The monoisotopic (exact) mass is 816 g/mol. The van der Waals surface area contributed by atoms with Crippen molar-refractivity contribution in [2.45, 2.75) is 44.2 Å². The first-order valence-electron chi connectivity index (χ1n) is 15.8. The van der Waals surface area contributed by atoms with Gasteiger partial charge in [-0.05, 0) is 60.4 Å². The number of halogens is 2. The van der Waals surface area contributed by atoms with E-state index in [1.54, 1.807) is 24.3 Å². The van der Waals surface area contributed by atoms with Crippen molar-refractivity contribution in [2.75, 3.05) is 6.16 Å². The number of carbonyl (C=O) groups excluding carboxylic acids is 3. The van der Waals surface area contributed by atoms with Crippen LogP contribution >= 0.6 is 34.9 Å². The molecule has 0 saturated carbocycles. The molecule has 52 heavy (non-hydrogen) atoms. The zero-order valence-corrected chi connectivity index (χ0v) is 30.6. The van der Waals surface area contributed by atoms with Gasteiger partial charge in [0.2, 0.25) is 25.1 Å². The van der Waals surface area contributed by atoms with Crippen LogP contribution in [0.1, 0.15) is 31.4 Å². The minimum absolute atomic E-state index is 0.0643. The molecule has 14 nitrogen and oxygen atoms in total. The van der Waals surface area contributed by atoms with E-state index in [1.165, 1.54) is 12.1 Å². The maximum Gasteiger partial charge on any atom is 0.303 e. The molecule has 3 amide bonds. The van der Waals surface area contributed by atoms with E-state index >= 15 is 0 Å². The third-order valence-corrected chi connectivity index (χ3v) is 10.8. The minimum atomic E-state index is -4.22. The fourth-order valence-electron chi connectivity index (χ4n) is 5.26. The highest BCUT2D eigenvalue weighted by Gasteiger charge is 2.35. The Hall–Kier alpha value is -4.82. The fourth-order valence-corrected chi connectivity index (χ4v) is 7.43. The second kappa shape index (κ2) is 18.1. The molecule has 0 fully saturated rings. The summed E-state index contributed by atoms with van der Waals surface area (Å²) in [6.07, 6.45) is -2.69. The van der Waals surface area contributed by atoms with Crippen molar-refractivity contribution in [1.82, 2.24) is 15.8 Å². The molecule has 7 N–H and O–H groups in total. The zero-order chi connectivity index (χ0) is 38.0. The van der Waals surface area contributed by atoms with Crippen LogP contribution in [0.25, 0.3) is 22.4 Å². The SMILES string of the molecule is NC(=O)C(CCC(=O)O)NC(=O)C(CCC(=O)O)NC(=O)C(Cc1cc(-c2ccc(-c3cccc(Cl)c3)cc2)no1)CP(=O)(O)c1ccc(Br)cc1. The molecule has 0 spiro atoms. The molecule has 0 saturated heterocycles. The molecule has 274 valence electrons. The van der Waals surface area contributed by atoms with Gasteiger partial charge in [-0.15, -0.1) is 0 Å². The summed E-state index contributed by atoms with van der Waals surface area (Å²) < 4.78 is 19.9. The highest BCUT2D eigenvalue weighted by atomic mass is 79.9. The zero-order valence-electron chi connectivity index (χ0n) is 27.4. The van der Waals surface area contributed by atoms with Crippen molar-refractivity contribution in [3.8, 4) is 22.4 Å². The van der Waals surface area contributed by atoms with E-state index < -0.39 is 80.5 Å². The number of primary amides is 1. The molecule has 0 bridgehead atoms. The fraction of sp³-hybridized carbons (Fsp3) is 0.257. The second-order valence-corrected chi connectivity index (χ2v) is 15.6. The normalized spacial score (nSPS) is 14.0. The predicted octanol–water partition coefficient (Wildman–Crippen LogP) is 4.36. The molecule has 17 heteroatoms. The largest absolute Gasteiger partial charge is 0.481 e. The van der Waals surface area contributed by atoms with E-state index in [4.69, 9.17) is 27.0 Å². The van der Waals surface area contributed by atoms with Gasteiger partial charge >= 0.3 is 11.9 Å². The molecular formula is C35H35BrClN4O10P. The van der Waals surface area contributed by atoms with Crippen molar-refractivity contribution in [2.24, 2.45) is 11.7 Å². The number of rotatable bonds is 18. The van der Waals surface area contributed by atoms with Crippen molar-refractivity contribution < 1.29 is 48.2 Å². The molecule has 0 aliphatic heterocycles. The number of nitrogens with zero attached hydrogens (tertiary/aromatic N) is 1. The number of hydrogen-bond donors (Lipinski definition) is 6. The van der Waals surface area contributed by atoms with Gasteiger partial charge in [0.15, 0.2) is 0 Å². The van der Waals surface area contributed by atoms with Crippen LogP contribution in [0.15, 0.2) is 87.9 Å². The molecule has 4 rings (SSSR count). The Balaban J connectivity index is 1.59. The van der Waals surface area contributed by atoms with Gasteiger partial charge in [0.05, 0.1) is 5.92 Å². The number of carboxylic acid groups (broad SMARTS) is 2. The van der Waals surface area contributed by atoms with Crippen molar-refractivity contribution in [1.29, 1.82) is 0 Å². The molecule has 1 aromatic heterocycles. The first-order chi connectivity index (χ1) is 24.6. The number of benzene rings is 3. The van der Waals surface area contributed by atoms with E-state index in [0.717, 1.165) is 11.1 Å². The Bertz CT molecular complexity index is 1970. The van der Waals surface area contributed by atoms with Crippen LogP contribution in [-0.4, -0.2) is 68.2 Å². The Morgan fingerprint density at radius 1 is 0.827 bits per heavy atom. The molecule has 4 atom stereocenters. The molecule has 1 heterocycles. The molecule has 4 unspecified atom stereocenters. The summed E-state index contributed by atoms with van der Waals surface area (Å²) in [6, 6.07) is 19.4. The lowest BCUT2D eigenvalue weighted by Crippen LogP contribution is -2.54. The first kappa shape index (κ1) is 40.0. The van der Waals surface area contributed by atoms with E-state index in [0.29, 0.717) is 20.8 Å². The van der Waals surface area contributed by atoms with Crippen LogP contribution in [0.4, 0.5) is 0 Å². The van der Waals surface area contributed by atoms with E-state index in [1.807, 2.05) is 42.5 Å². The third-order valence-electron chi connectivity index (χ3n) is 8.00. The minimum Gasteiger partial charge on any atom is -0.481 e. The smallest absolute Gasteiger partial charge is 0.303 e. The molecule has 0 aliphatic carbocycles. The van der Waals surface area contributed by atoms with Crippen molar-refractivity contribution in [3.05, 3.63) is 94.1 Å². The summed E-state index contributed by atoms with van der Waals surface area (Å²) in [6.45, 7) is 0. The summed E-state index contributed by atoms with van der Waals surface area (Å²) in [5, 5.41) is 27.8. The highest BCUT2D eigenvalue weighted by molar-refractivity contribution is 9.10. The van der Waals surface area contributed by atoms with Gasteiger partial charge in [-0.3, -0.25) is 28.5 Å². The Kier molecular flexibility index (Phi) is 13.9. The van der Waals surface area contributed by atoms with Gasteiger partial charge in [-0.25, -0.2) is 0 Å². The second-order valence-electron chi connectivity index (χ2n) is 11.9. The summed E-state index contributed by atoms with van der Waals surface area (Å²) in [5.74, 6) is -6.57. The van der Waals surface area contributed by atoms with Crippen LogP contribution in [0.2, 0.25) is 5.02 Å². The number of aliphatic carboxylic acids is 2. The molecule has 0 aliphatic rings. The first-order valence-corrected chi connectivity index (χ1v) is 18.9. The summed E-state index contributed by atoms with van der Waals surface area (Å²) >= 11 is 9.41. The maximum absolute atomic E-state index is 13.9. The highest BCUT2D eigenvalue weighted by Crippen LogP contribution is 2.42. The van der Waals surface area contributed by atoms with Crippen LogP contribution in [0, 0.1) is 5.92 Å². The van der Waals surface area contributed by atoms with Crippen LogP contribution in [0.3, 0.4) is 0 Å². The van der Waals surface area contributed by atoms with Gasteiger partial charge in [0, 0.05) is 51.9 Å². The number of nitrogens with two attached hydrogens (primary N) is 1. The van der Waals surface area contributed by atoms with E-state index in [-0.39, 0.29) is 23.9 Å². The van der Waals surface area contributed by atoms with Crippen LogP contribution < -0.4 is 21.7 Å². The predicted molar refractivity (Wildman–Crippen MR) is 195 cm³/mol. The lowest BCUT2D eigenvalue weighted by molar-refractivity contribution is -0.139. The third kappa shape index (κ3) is 11.6. The van der Waals surface area contributed by atoms with Gasteiger partial charge in [-0.1, -0.05) is 69.1 Å². The topological polar surface area (TPSA) is 239 Å². The van der Waals surface area contributed by atoms with Crippen LogP contribution in [-0.2, 0) is 35.0 Å². The molecule has 4 aromatic rings. The summed E-state index contributed by atoms with van der Waals surface area (Å²) in [4.78, 5) is 72.6. The lowest BCUT2D eigenvalue weighted by Gasteiger charge is -2.24. The number of amides is 3. The number of carbonyl (C=O) groups is 5. The number of nitrogens with one attached hydrogen (secondary N) is 2. The van der Waals surface area contributed by atoms with Gasteiger partial charge in [0.25, 0.3) is 0 Å². The number of hydrogen-bond acceptors (Lipinski definition) is 8. The number of carboxylic acids is 2. The number of aromatic nitrogens is 1. The average Bonchev–Trinajstić information content (AvgIpc) is 3.56. The van der Waals surface area contributed by atoms with Crippen molar-refractivity contribution >= 4 is 69.9 Å². The van der Waals surface area contributed by atoms with Gasteiger partial charge < -0.3 is 36.0 Å². The van der Waals surface area contributed by atoms with Gasteiger partial charge in [0.1, 0.15) is 23.5 Å².